The van der Waals surface area contributed by atoms with Crippen LogP contribution in [0.25, 0.3) is 0 Å². The molecule has 0 amide bonds. The molecular weight excluding hydrogens is 286 g/mol. The van der Waals surface area contributed by atoms with Gasteiger partial charge >= 0.3 is 0 Å². The Kier molecular flexibility index (Phi) is 6.97. The van der Waals surface area contributed by atoms with Crippen LogP contribution in [0.4, 0.5) is 0 Å². The van der Waals surface area contributed by atoms with Crippen molar-refractivity contribution < 1.29 is 9.84 Å². The van der Waals surface area contributed by atoms with Crippen molar-refractivity contribution in [3.8, 4) is 0 Å². The molecule has 1 fully saturated rings. The Morgan fingerprint density at radius 3 is 2.86 bits per heavy atom. The van der Waals surface area contributed by atoms with Crippen molar-refractivity contribution in [1.29, 1.82) is 0 Å². The summed E-state index contributed by atoms with van der Waals surface area (Å²) in [4.78, 5) is 2.41. The summed E-state index contributed by atoms with van der Waals surface area (Å²) in [6, 6.07) is 7.46. The van der Waals surface area contributed by atoms with Gasteiger partial charge in [-0.25, -0.2) is 0 Å². The predicted octanol–water partition coefficient (Wildman–Crippen LogP) is 3.65. The highest BCUT2D eigenvalue weighted by Crippen LogP contribution is 2.21. The molecule has 1 N–H and O–H groups in total. The van der Waals surface area contributed by atoms with Crippen LogP contribution in [0.15, 0.2) is 24.3 Å². The van der Waals surface area contributed by atoms with Gasteiger partial charge in [-0.2, -0.15) is 0 Å². The smallest absolute Gasteiger partial charge is 0.0802 e. The summed E-state index contributed by atoms with van der Waals surface area (Å²) in [7, 11) is 0. The van der Waals surface area contributed by atoms with Gasteiger partial charge in [0.2, 0.25) is 0 Å². The van der Waals surface area contributed by atoms with Crippen molar-refractivity contribution in [1.82, 2.24) is 4.90 Å². The molecule has 1 heterocycles. The molecule has 0 bridgehead atoms. The van der Waals surface area contributed by atoms with Crippen molar-refractivity contribution in [2.45, 2.75) is 44.8 Å². The molecule has 2 rings (SSSR count). The Labute approximate surface area is 132 Å². The maximum absolute atomic E-state index is 10.2. The molecule has 1 aromatic rings. The van der Waals surface area contributed by atoms with E-state index in [9.17, 15) is 5.11 Å². The lowest BCUT2D eigenvalue weighted by molar-refractivity contribution is -0.00347. The highest BCUT2D eigenvalue weighted by molar-refractivity contribution is 6.30. The first-order valence-electron chi connectivity index (χ1n) is 7.96. The van der Waals surface area contributed by atoms with Gasteiger partial charge < -0.3 is 14.7 Å². The Morgan fingerprint density at radius 2 is 2.14 bits per heavy atom. The van der Waals surface area contributed by atoms with Crippen LogP contribution in [0.5, 0.6) is 0 Å². The van der Waals surface area contributed by atoms with Crippen molar-refractivity contribution >= 4 is 11.6 Å². The fourth-order valence-corrected chi connectivity index (χ4v) is 2.92. The fourth-order valence-electron chi connectivity index (χ4n) is 2.79. The summed E-state index contributed by atoms with van der Waals surface area (Å²) < 4.78 is 5.85. The molecule has 0 radical (unpaired) electrons. The first kappa shape index (κ1) is 16.8. The Balaban J connectivity index is 1.75. The molecule has 2 unspecified atom stereocenters. The normalized spacial score (nSPS) is 21.4. The standard InChI is InChI=1S/C17H26ClNO2/c1-2-12-21-16-4-3-10-19(13-16)11-9-17(20)14-5-7-15(18)8-6-14/h5-8,16-17,20H,2-4,9-13H2,1H3. The van der Waals surface area contributed by atoms with Gasteiger partial charge in [0, 0.05) is 24.7 Å². The molecule has 0 aliphatic carbocycles. The molecule has 1 aliphatic heterocycles. The molecule has 21 heavy (non-hydrogen) atoms. The van der Waals surface area contributed by atoms with Crippen LogP contribution in [0.3, 0.4) is 0 Å². The van der Waals surface area contributed by atoms with Gasteiger partial charge in [0.15, 0.2) is 0 Å². The van der Waals surface area contributed by atoms with Crippen LogP contribution in [0.1, 0.15) is 44.3 Å². The first-order valence-corrected chi connectivity index (χ1v) is 8.34. The summed E-state index contributed by atoms with van der Waals surface area (Å²) in [6.45, 7) is 6.01. The highest BCUT2D eigenvalue weighted by atomic mass is 35.5. The largest absolute Gasteiger partial charge is 0.388 e. The number of hydrogen-bond donors (Lipinski definition) is 1. The van der Waals surface area contributed by atoms with Crippen LogP contribution in [0, 0.1) is 0 Å². The number of likely N-dealkylation sites (tertiary alicyclic amines) is 1. The van der Waals surface area contributed by atoms with Gasteiger partial charge in [0.1, 0.15) is 0 Å². The third kappa shape index (κ3) is 5.59. The zero-order chi connectivity index (χ0) is 15.1. The van der Waals surface area contributed by atoms with Crippen molar-refractivity contribution in [2.75, 3.05) is 26.2 Å². The fraction of sp³-hybridized carbons (Fsp3) is 0.647. The molecule has 4 heteroatoms. The number of halogens is 1. The van der Waals surface area contributed by atoms with Gasteiger partial charge in [-0.05, 0) is 49.9 Å². The summed E-state index contributed by atoms with van der Waals surface area (Å²) in [5, 5.41) is 11.0. The predicted molar refractivity (Wildman–Crippen MR) is 86.7 cm³/mol. The number of benzene rings is 1. The minimum Gasteiger partial charge on any atom is -0.388 e. The maximum Gasteiger partial charge on any atom is 0.0802 e. The second kappa shape index (κ2) is 8.74. The Hall–Kier alpha value is -0.610. The van der Waals surface area contributed by atoms with Crippen molar-refractivity contribution in [3.63, 3.8) is 0 Å². The van der Waals surface area contributed by atoms with E-state index in [-0.39, 0.29) is 0 Å². The number of aliphatic hydroxyl groups excluding tert-OH is 1. The van der Waals surface area contributed by atoms with Gasteiger partial charge in [-0.3, -0.25) is 0 Å². The minimum atomic E-state index is -0.417. The van der Waals surface area contributed by atoms with E-state index in [1.807, 2.05) is 24.3 Å². The summed E-state index contributed by atoms with van der Waals surface area (Å²) in [6.07, 6.45) is 4.13. The van der Waals surface area contributed by atoms with E-state index >= 15 is 0 Å². The Bertz CT molecular complexity index is 410. The average molecular weight is 312 g/mol. The van der Waals surface area contributed by atoms with Gasteiger partial charge in [-0.1, -0.05) is 30.7 Å². The van der Waals surface area contributed by atoms with E-state index < -0.39 is 6.10 Å². The molecule has 118 valence electrons. The van der Waals surface area contributed by atoms with Crippen LogP contribution < -0.4 is 0 Å². The lowest BCUT2D eigenvalue weighted by atomic mass is 10.0. The Morgan fingerprint density at radius 1 is 1.38 bits per heavy atom. The second-order valence-electron chi connectivity index (χ2n) is 5.79. The molecular formula is C17H26ClNO2. The average Bonchev–Trinajstić information content (AvgIpc) is 2.52. The van der Waals surface area contributed by atoms with Gasteiger partial charge in [0.05, 0.1) is 12.2 Å². The zero-order valence-corrected chi connectivity index (χ0v) is 13.6. The third-order valence-corrected chi connectivity index (χ3v) is 4.25. The monoisotopic (exact) mass is 311 g/mol. The van der Waals surface area contributed by atoms with Crippen molar-refractivity contribution in [3.05, 3.63) is 34.9 Å². The van der Waals surface area contributed by atoms with E-state index in [1.54, 1.807) is 0 Å². The molecule has 0 saturated carbocycles. The van der Waals surface area contributed by atoms with Crippen LogP contribution in [-0.4, -0.2) is 42.4 Å². The number of hydrogen-bond acceptors (Lipinski definition) is 3. The number of aliphatic hydroxyl groups is 1. The molecule has 3 nitrogen and oxygen atoms in total. The SMILES string of the molecule is CCCOC1CCCN(CCC(O)c2ccc(Cl)cc2)C1. The molecule has 1 saturated heterocycles. The summed E-state index contributed by atoms with van der Waals surface area (Å²) in [5.41, 5.74) is 0.940. The quantitative estimate of drug-likeness (QED) is 0.834. The summed E-state index contributed by atoms with van der Waals surface area (Å²) >= 11 is 5.87. The summed E-state index contributed by atoms with van der Waals surface area (Å²) in [5.74, 6) is 0. The lowest BCUT2D eigenvalue weighted by Crippen LogP contribution is -2.40. The minimum absolute atomic E-state index is 0.367. The van der Waals surface area contributed by atoms with Crippen molar-refractivity contribution in [2.24, 2.45) is 0 Å². The van der Waals surface area contributed by atoms with Gasteiger partial charge in [0.25, 0.3) is 0 Å². The molecule has 0 aromatic heterocycles. The lowest BCUT2D eigenvalue weighted by Gasteiger charge is -2.33. The topological polar surface area (TPSA) is 32.7 Å². The van der Waals surface area contributed by atoms with E-state index in [2.05, 4.69) is 11.8 Å². The number of piperidine rings is 1. The van der Waals surface area contributed by atoms with E-state index in [4.69, 9.17) is 16.3 Å². The van der Waals surface area contributed by atoms with E-state index in [0.717, 1.165) is 51.1 Å². The van der Waals surface area contributed by atoms with E-state index in [0.29, 0.717) is 11.1 Å². The molecule has 0 spiro atoms. The zero-order valence-electron chi connectivity index (χ0n) is 12.8. The van der Waals surface area contributed by atoms with Crippen LogP contribution in [-0.2, 0) is 4.74 Å². The number of nitrogens with zero attached hydrogens (tertiary/aromatic N) is 1. The molecule has 2 atom stereocenters. The van der Waals surface area contributed by atoms with E-state index in [1.165, 1.54) is 6.42 Å². The van der Waals surface area contributed by atoms with Crippen LogP contribution >= 0.6 is 11.6 Å². The highest BCUT2D eigenvalue weighted by Gasteiger charge is 2.20. The van der Waals surface area contributed by atoms with Crippen LogP contribution in [0.2, 0.25) is 5.02 Å². The number of ether oxygens (including phenoxy) is 1. The second-order valence-corrected chi connectivity index (χ2v) is 6.23. The molecule has 1 aromatic carbocycles. The first-order chi connectivity index (χ1) is 10.2. The molecule has 1 aliphatic rings. The number of rotatable bonds is 7. The maximum atomic E-state index is 10.2. The van der Waals surface area contributed by atoms with Gasteiger partial charge in [-0.15, -0.1) is 0 Å². The third-order valence-electron chi connectivity index (χ3n) is 3.99.